The number of aromatic nitrogens is 3. The zero-order chi connectivity index (χ0) is 46.6. The van der Waals surface area contributed by atoms with Crippen molar-refractivity contribution in [3.63, 3.8) is 0 Å². The van der Waals surface area contributed by atoms with Crippen molar-refractivity contribution in [1.82, 2.24) is 13.7 Å². The van der Waals surface area contributed by atoms with Crippen LogP contribution in [0.2, 0.25) is 0 Å². The molecule has 0 aliphatic heterocycles. The van der Waals surface area contributed by atoms with Gasteiger partial charge in [-0.05, 0) is 93.5 Å². The molecule has 15 aromatic rings. The van der Waals surface area contributed by atoms with Gasteiger partial charge in [-0.3, -0.25) is 0 Å². The number of hydrogen-bond acceptors (Lipinski definition) is 1. The summed E-state index contributed by atoms with van der Waals surface area (Å²) in [5, 5.41) is 14.9. The van der Waals surface area contributed by atoms with Gasteiger partial charge < -0.3 is 18.1 Å². The van der Waals surface area contributed by atoms with Gasteiger partial charge in [0.05, 0.1) is 44.2 Å². The van der Waals surface area contributed by atoms with Gasteiger partial charge >= 0.3 is 0 Å². The van der Waals surface area contributed by atoms with Gasteiger partial charge in [0, 0.05) is 49.1 Å². The molecule has 0 fully saturated rings. The highest BCUT2D eigenvalue weighted by Crippen LogP contribution is 2.45. The Morgan fingerprint density at radius 2 is 0.775 bits per heavy atom. The maximum absolute atomic E-state index is 6.64. The summed E-state index contributed by atoms with van der Waals surface area (Å²) >= 11 is 0. The predicted molar refractivity (Wildman–Crippen MR) is 300 cm³/mol. The fraction of sp³-hybridized carbons (Fsp3) is 0. The van der Waals surface area contributed by atoms with Crippen LogP contribution >= 0.6 is 0 Å². The molecule has 4 aromatic heterocycles. The minimum atomic E-state index is -3.27. The van der Waals surface area contributed by atoms with Crippen LogP contribution in [0.4, 0.5) is 0 Å². The molecule has 0 unspecified atom stereocenters. The van der Waals surface area contributed by atoms with E-state index in [0.29, 0.717) is 0 Å². The fourth-order valence-corrected chi connectivity index (χ4v) is 17.3. The van der Waals surface area contributed by atoms with Crippen LogP contribution in [0.1, 0.15) is 0 Å². The molecule has 71 heavy (non-hydrogen) atoms. The Bertz CT molecular complexity index is 4420. The van der Waals surface area contributed by atoms with E-state index in [2.05, 4.69) is 275 Å². The lowest BCUT2D eigenvalue weighted by atomic mass is 10.1. The van der Waals surface area contributed by atoms with Crippen LogP contribution in [0.25, 0.3) is 104 Å². The Morgan fingerprint density at radius 1 is 0.282 bits per heavy atom. The minimum absolute atomic E-state index is 0.869. The van der Waals surface area contributed by atoms with E-state index in [1.165, 1.54) is 69.6 Å². The lowest BCUT2D eigenvalue weighted by Gasteiger charge is -2.35. The van der Waals surface area contributed by atoms with Crippen LogP contribution in [0.15, 0.2) is 265 Å². The van der Waals surface area contributed by atoms with Crippen molar-refractivity contribution in [1.29, 1.82) is 0 Å². The highest BCUT2D eigenvalue weighted by atomic mass is 28.3. The summed E-state index contributed by atoms with van der Waals surface area (Å²) in [5.41, 5.74) is 12.1. The normalized spacial score (nSPS) is 12.2. The molecule has 4 nitrogen and oxygen atoms in total. The summed E-state index contributed by atoms with van der Waals surface area (Å²) in [4.78, 5) is 0. The van der Waals surface area contributed by atoms with Crippen LogP contribution < -0.4 is 20.7 Å². The van der Waals surface area contributed by atoms with Gasteiger partial charge in [0.25, 0.3) is 0 Å². The number of para-hydroxylation sites is 5. The van der Waals surface area contributed by atoms with E-state index in [1.54, 1.807) is 0 Å². The number of nitrogens with zero attached hydrogens (tertiary/aromatic N) is 3. The first-order valence-corrected chi connectivity index (χ1v) is 26.4. The first-order chi connectivity index (χ1) is 35.3. The molecule has 0 saturated heterocycles. The van der Waals surface area contributed by atoms with Gasteiger partial charge in [-0.25, -0.2) is 0 Å². The highest BCUT2D eigenvalue weighted by Gasteiger charge is 2.44. The van der Waals surface area contributed by atoms with E-state index in [1.807, 2.05) is 0 Å². The van der Waals surface area contributed by atoms with Crippen LogP contribution in [0, 0.1) is 0 Å². The molecular weight excluding hydrogens is 879 g/mol. The third-order valence-corrected chi connectivity index (χ3v) is 19.9. The van der Waals surface area contributed by atoms with Gasteiger partial charge in [-0.15, -0.1) is 0 Å². The number of benzene rings is 11. The zero-order valence-electron chi connectivity index (χ0n) is 38.6. The molecule has 0 N–H and O–H groups in total. The second-order valence-electron chi connectivity index (χ2n) is 18.7. The summed E-state index contributed by atoms with van der Waals surface area (Å²) in [7, 11) is -3.27. The third kappa shape index (κ3) is 5.61. The molecule has 332 valence electrons. The van der Waals surface area contributed by atoms with Crippen LogP contribution in [0.3, 0.4) is 0 Å². The maximum atomic E-state index is 6.64. The Hall–Kier alpha value is -9.16. The third-order valence-electron chi connectivity index (χ3n) is 15.1. The van der Waals surface area contributed by atoms with Crippen molar-refractivity contribution in [2.45, 2.75) is 0 Å². The second kappa shape index (κ2) is 15.4. The summed E-state index contributed by atoms with van der Waals surface area (Å²) in [6.07, 6.45) is 0. The highest BCUT2D eigenvalue weighted by molar-refractivity contribution is 7.21. The molecule has 11 aromatic carbocycles. The van der Waals surface area contributed by atoms with E-state index in [4.69, 9.17) is 4.42 Å². The first kappa shape index (κ1) is 39.8. The SMILES string of the molecule is c1ccc(-n2c3ccc(-n4c5ccccc5c5ccccc54)cc3c3c([Si](c4ccccc4)(c4ccccc4)c4ccccc4)cc4c(c5ccccc5n4-c4cccc5oc6ccccc6c45)c32)cc1. The smallest absolute Gasteiger partial charge is 0.180 e. The Labute approximate surface area is 410 Å². The molecular formula is C66H43N3OSi. The number of fused-ring (bicyclic) bond motifs is 13. The number of furan rings is 1. The van der Waals surface area contributed by atoms with Gasteiger partial charge in [0.1, 0.15) is 11.2 Å². The maximum Gasteiger partial charge on any atom is 0.180 e. The molecule has 0 amide bonds. The summed E-state index contributed by atoms with van der Waals surface area (Å²) < 4.78 is 14.2. The van der Waals surface area contributed by atoms with Crippen LogP contribution in [-0.4, -0.2) is 21.8 Å². The predicted octanol–water partition coefficient (Wildman–Crippen LogP) is 14.3. The van der Waals surface area contributed by atoms with Crippen molar-refractivity contribution in [3.8, 4) is 17.1 Å². The second-order valence-corrected chi connectivity index (χ2v) is 22.5. The molecule has 0 bridgehead atoms. The molecule has 0 aliphatic rings. The lowest BCUT2D eigenvalue weighted by molar-refractivity contribution is 0.669. The van der Waals surface area contributed by atoms with E-state index < -0.39 is 8.07 Å². The largest absolute Gasteiger partial charge is 0.456 e. The van der Waals surface area contributed by atoms with Crippen LogP contribution in [-0.2, 0) is 0 Å². The Balaban J connectivity index is 1.23. The molecule has 0 atom stereocenters. The topological polar surface area (TPSA) is 27.9 Å². The molecule has 0 spiro atoms. The van der Waals surface area contributed by atoms with Crippen molar-refractivity contribution in [2.75, 3.05) is 0 Å². The average molecular weight is 922 g/mol. The molecule has 4 heterocycles. The van der Waals surface area contributed by atoms with Crippen molar-refractivity contribution in [2.24, 2.45) is 0 Å². The molecule has 0 radical (unpaired) electrons. The fourth-order valence-electron chi connectivity index (χ4n) is 12.4. The quantitative estimate of drug-likeness (QED) is 0.116. The molecule has 15 rings (SSSR count). The van der Waals surface area contributed by atoms with E-state index in [9.17, 15) is 0 Å². The lowest BCUT2D eigenvalue weighted by Crippen LogP contribution is -2.74. The Kier molecular flexibility index (Phi) is 8.64. The first-order valence-electron chi connectivity index (χ1n) is 24.4. The van der Waals surface area contributed by atoms with Gasteiger partial charge in [0.2, 0.25) is 0 Å². The van der Waals surface area contributed by atoms with Crippen molar-refractivity contribution < 1.29 is 4.42 Å². The standard InChI is InChI=1S/C66H43N3OSi/c1-5-22-44(23-6-1)68-57-41-40-45(67-54-34-17-13-30-49(54)50-31-14-18-35-55(50)67)42-53(57)65-62(71(46-24-7-2-8-25-46,47-26-9-3-10-27-47)48-28-11-4-12-29-48)43-59-64(66(65)68)51-32-15-19-36-56(51)69(59)58-37-21-39-61-63(58)52-33-16-20-38-60(52)70-61/h1-43H. The average Bonchev–Trinajstić information content (AvgIpc) is 4.20. The summed E-state index contributed by atoms with van der Waals surface area (Å²) in [5.74, 6) is 0. The van der Waals surface area contributed by atoms with Gasteiger partial charge in [0.15, 0.2) is 8.07 Å². The van der Waals surface area contributed by atoms with Crippen molar-refractivity contribution >= 4 is 116 Å². The van der Waals surface area contributed by atoms with Gasteiger partial charge in [-0.2, -0.15) is 0 Å². The summed E-state index contributed by atoms with van der Waals surface area (Å²) in [6, 6.07) is 96.6. The van der Waals surface area contributed by atoms with E-state index in [0.717, 1.165) is 55.6 Å². The van der Waals surface area contributed by atoms with E-state index in [-0.39, 0.29) is 0 Å². The summed E-state index contributed by atoms with van der Waals surface area (Å²) in [6.45, 7) is 0. The number of rotatable bonds is 7. The zero-order valence-corrected chi connectivity index (χ0v) is 39.6. The molecule has 0 saturated carbocycles. The number of hydrogen-bond donors (Lipinski definition) is 0. The van der Waals surface area contributed by atoms with Crippen LogP contribution in [0.5, 0.6) is 0 Å². The van der Waals surface area contributed by atoms with Crippen molar-refractivity contribution in [3.05, 3.63) is 261 Å². The van der Waals surface area contributed by atoms with E-state index >= 15 is 0 Å². The van der Waals surface area contributed by atoms with Gasteiger partial charge in [-0.1, -0.05) is 188 Å². The minimum Gasteiger partial charge on any atom is -0.456 e. The Morgan fingerprint density at radius 3 is 1.39 bits per heavy atom. The molecule has 0 aliphatic carbocycles. The molecule has 5 heteroatoms. The monoisotopic (exact) mass is 921 g/mol.